The van der Waals surface area contributed by atoms with Gasteiger partial charge in [-0.25, -0.2) is 4.79 Å². The maximum absolute atomic E-state index is 11.8. The Morgan fingerprint density at radius 1 is 1.33 bits per heavy atom. The Bertz CT molecular complexity index is 610. The van der Waals surface area contributed by atoms with Crippen molar-refractivity contribution in [1.29, 1.82) is 0 Å². The lowest BCUT2D eigenvalue weighted by atomic mass is 10.1. The van der Waals surface area contributed by atoms with E-state index in [1.807, 2.05) is 31.2 Å². The fourth-order valence-corrected chi connectivity index (χ4v) is 1.81. The van der Waals surface area contributed by atoms with Crippen LogP contribution in [0.1, 0.15) is 37.7 Å². The number of H-pyrrole nitrogens is 1. The molecule has 112 valence electrons. The van der Waals surface area contributed by atoms with Gasteiger partial charge >= 0.3 is 5.97 Å². The average Bonchev–Trinajstić information content (AvgIpc) is 2.97. The lowest BCUT2D eigenvalue weighted by Gasteiger charge is -2.13. The third-order valence-corrected chi connectivity index (χ3v) is 3.04. The maximum Gasteiger partial charge on any atom is 0.361 e. The standard InChI is InChI=1S/C15H19N3O3/c1-4-10(3)21-12-8-6-7-11(9-12)13-14(17-18-16-13)15(19)20-5-2/h6-10H,4-5H2,1-3H3,(H,16,17,18). The van der Waals surface area contributed by atoms with Crippen molar-refractivity contribution in [3.8, 4) is 17.0 Å². The summed E-state index contributed by atoms with van der Waals surface area (Å²) in [7, 11) is 0. The molecule has 1 aromatic carbocycles. The summed E-state index contributed by atoms with van der Waals surface area (Å²) in [6.45, 7) is 6.11. The van der Waals surface area contributed by atoms with Crippen LogP contribution in [-0.2, 0) is 4.74 Å². The van der Waals surface area contributed by atoms with E-state index in [-0.39, 0.29) is 11.8 Å². The number of carbonyl (C=O) groups is 1. The molecular weight excluding hydrogens is 270 g/mol. The molecule has 0 aliphatic heterocycles. The second kappa shape index (κ2) is 6.88. The van der Waals surface area contributed by atoms with Gasteiger partial charge in [0.25, 0.3) is 0 Å². The minimum Gasteiger partial charge on any atom is -0.491 e. The predicted octanol–water partition coefficient (Wildman–Crippen LogP) is 2.83. The maximum atomic E-state index is 11.8. The zero-order valence-corrected chi connectivity index (χ0v) is 12.4. The summed E-state index contributed by atoms with van der Waals surface area (Å²) >= 11 is 0. The third-order valence-electron chi connectivity index (χ3n) is 3.04. The first-order chi connectivity index (χ1) is 10.2. The van der Waals surface area contributed by atoms with Gasteiger partial charge in [0.2, 0.25) is 0 Å². The van der Waals surface area contributed by atoms with Crippen LogP contribution >= 0.6 is 0 Å². The molecule has 2 aromatic rings. The molecule has 21 heavy (non-hydrogen) atoms. The monoisotopic (exact) mass is 289 g/mol. The summed E-state index contributed by atoms with van der Waals surface area (Å²) < 4.78 is 10.7. The van der Waals surface area contributed by atoms with E-state index in [0.717, 1.165) is 17.7 Å². The smallest absolute Gasteiger partial charge is 0.361 e. The van der Waals surface area contributed by atoms with Crippen molar-refractivity contribution in [2.24, 2.45) is 0 Å². The molecule has 0 aliphatic rings. The van der Waals surface area contributed by atoms with Gasteiger partial charge in [-0.3, -0.25) is 0 Å². The van der Waals surface area contributed by atoms with Crippen molar-refractivity contribution in [2.45, 2.75) is 33.3 Å². The molecule has 6 nitrogen and oxygen atoms in total. The first-order valence-corrected chi connectivity index (χ1v) is 7.00. The Balaban J connectivity index is 2.28. The minimum atomic E-state index is -0.491. The molecule has 0 saturated carbocycles. The zero-order valence-electron chi connectivity index (χ0n) is 12.4. The Hall–Kier alpha value is -2.37. The van der Waals surface area contributed by atoms with Crippen molar-refractivity contribution >= 4 is 5.97 Å². The van der Waals surface area contributed by atoms with Crippen molar-refractivity contribution in [3.63, 3.8) is 0 Å². The van der Waals surface area contributed by atoms with Gasteiger partial charge in [0.05, 0.1) is 12.7 Å². The van der Waals surface area contributed by atoms with Crippen LogP contribution in [0.5, 0.6) is 5.75 Å². The van der Waals surface area contributed by atoms with E-state index < -0.39 is 5.97 Å². The lowest BCUT2D eigenvalue weighted by Crippen LogP contribution is -2.09. The van der Waals surface area contributed by atoms with Gasteiger partial charge in [-0.05, 0) is 32.4 Å². The lowest BCUT2D eigenvalue weighted by molar-refractivity contribution is 0.0520. The highest BCUT2D eigenvalue weighted by Gasteiger charge is 2.19. The number of hydrogen-bond acceptors (Lipinski definition) is 5. The fraction of sp³-hybridized carbons (Fsp3) is 0.400. The number of esters is 1. The molecule has 1 atom stereocenters. The molecule has 1 heterocycles. The number of rotatable bonds is 6. The van der Waals surface area contributed by atoms with E-state index in [4.69, 9.17) is 9.47 Å². The molecule has 2 rings (SSSR count). The summed E-state index contributed by atoms with van der Waals surface area (Å²) in [6, 6.07) is 7.42. The first-order valence-electron chi connectivity index (χ1n) is 7.00. The quantitative estimate of drug-likeness (QED) is 0.827. The van der Waals surface area contributed by atoms with E-state index >= 15 is 0 Å². The SMILES string of the molecule is CCOC(=O)c1n[nH]nc1-c1cccc(OC(C)CC)c1. The van der Waals surface area contributed by atoms with Crippen LogP contribution in [0.3, 0.4) is 0 Å². The second-order valence-corrected chi connectivity index (χ2v) is 4.61. The summed E-state index contributed by atoms with van der Waals surface area (Å²) in [5.74, 6) is 0.245. The summed E-state index contributed by atoms with van der Waals surface area (Å²) in [6.07, 6.45) is 1.05. The Labute approximate surface area is 123 Å². The van der Waals surface area contributed by atoms with Crippen molar-refractivity contribution in [2.75, 3.05) is 6.61 Å². The highest BCUT2D eigenvalue weighted by atomic mass is 16.5. The van der Waals surface area contributed by atoms with Crippen molar-refractivity contribution < 1.29 is 14.3 Å². The predicted molar refractivity (Wildman–Crippen MR) is 78.2 cm³/mol. The van der Waals surface area contributed by atoms with Crippen LogP contribution in [-0.4, -0.2) is 34.1 Å². The number of aromatic nitrogens is 3. The first kappa shape index (κ1) is 15.0. The summed E-state index contributed by atoms with van der Waals surface area (Å²) in [4.78, 5) is 11.8. The molecule has 6 heteroatoms. The minimum absolute atomic E-state index is 0.127. The Morgan fingerprint density at radius 2 is 2.14 bits per heavy atom. The molecule has 0 saturated heterocycles. The number of aromatic amines is 1. The number of benzene rings is 1. The Kier molecular flexibility index (Phi) is 4.92. The number of carbonyl (C=O) groups excluding carboxylic acids is 1. The highest BCUT2D eigenvalue weighted by molar-refractivity contribution is 5.93. The molecule has 0 spiro atoms. The largest absolute Gasteiger partial charge is 0.491 e. The summed E-state index contributed by atoms with van der Waals surface area (Å²) in [5, 5.41) is 10.4. The van der Waals surface area contributed by atoms with Gasteiger partial charge in [0, 0.05) is 5.56 Å². The molecule has 0 aliphatic carbocycles. The molecule has 1 aromatic heterocycles. The zero-order chi connectivity index (χ0) is 15.2. The fourth-order valence-electron chi connectivity index (χ4n) is 1.81. The number of ether oxygens (including phenoxy) is 2. The normalized spacial score (nSPS) is 12.0. The van der Waals surface area contributed by atoms with Gasteiger partial charge in [-0.1, -0.05) is 19.1 Å². The average molecular weight is 289 g/mol. The van der Waals surface area contributed by atoms with Crippen molar-refractivity contribution in [1.82, 2.24) is 15.4 Å². The number of nitrogens with zero attached hydrogens (tertiary/aromatic N) is 2. The molecule has 1 unspecified atom stereocenters. The van der Waals surface area contributed by atoms with E-state index in [0.29, 0.717) is 12.3 Å². The topological polar surface area (TPSA) is 77.1 Å². The van der Waals surface area contributed by atoms with Crippen LogP contribution in [0.25, 0.3) is 11.3 Å². The Morgan fingerprint density at radius 3 is 2.86 bits per heavy atom. The molecular formula is C15H19N3O3. The van der Waals surface area contributed by atoms with Gasteiger partial charge < -0.3 is 9.47 Å². The van der Waals surface area contributed by atoms with E-state index in [1.165, 1.54) is 0 Å². The van der Waals surface area contributed by atoms with Crippen LogP contribution in [0, 0.1) is 0 Å². The number of nitrogens with one attached hydrogen (secondary N) is 1. The van der Waals surface area contributed by atoms with Gasteiger partial charge in [0.15, 0.2) is 5.69 Å². The molecule has 0 radical (unpaired) electrons. The summed E-state index contributed by atoms with van der Waals surface area (Å²) in [5.41, 5.74) is 1.40. The van der Waals surface area contributed by atoms with Crippen LogP contribution in [0.4, 0.5) is 0 Å². The molecule has 0 amide bonds. The van der Waals surface area contributed by atoms with Crippen LogP contribution < -0.4 is 4.74 Å². The molecule has 0 fully saturated rings. The second-order valence-electron chi connectivity index (χ2n) is 4.61. The molecule has 0 bridgehead atoms. The van der Waals surface area contributed by atoms with E-state index in [9.17, 15) is 4.79 Å². The van der Waals surface area contributed by atoms with Gasteiger partial charge in [-0.2, -0.15) is 10.3 Å². The van der Waals surface area contributed by atoms with Crippen molar-refractivity contribution in [3.05, 3.63) is 30.0 Å². The highest BCUT2D eigenvalue weighted by Crippen LogP contribution is 2.25. The van der Waals surface area contributed by atoms with Crippen LogP contribution in [0.15, 0.2) is 24.3 Å². The van der Waals surface area contributed by atoms with E-state index in [1.54, 1.807) is 6.92 Å². The third kappa shape index (κ3) is 3.59. The number of hydrogen-bond donors (Lipinski definition) is 1. The van der Waals surface area contributed by atoms with Crippen LogP contribution in [0.2, 0.25) is 0 Å². The van der Waals surface area contributed by atoms with E-state index in [2.05, 4.69) is 22.3 Å². The van der Waals surface area contributed by atoms with Gasteiger partial charge in [0.1, 0.15) is 11.4 Å². The molecule has 1 N–H and O–H groups in total. The van der Waals surface area contributed by atoms with Gasteiger partial charge in [-0.15, -0.1) is 5.10 Å².